The molecule has 0 saturated carbocycles. The molecule has 1 amide bonds. The fraction of sp³-hybridized carbons (Fsp3) is 0.273. The molecule has 3 aromatic rings. The maximum Gasteiger partial charge on any atom is 0.408 e. The van der Waals surface area contributed by atoms with E-state index in [4.69, 9.17) is 4.74 Å². The summed E-state index contributed by atoms with van der Waals surface area (Å²) in [5.74, 6) is 0. The highest BCUT2D eigenvalue weighted by Gasteiger charge is 2.19. The normalized spacial score (nSPS) is 12.6. The van der Waals surface area contributed by atoms with Crippen molar-refractivity contribution in [2.45, 2.75) is 39.3 Å². The first-order chi connectivity index (χ1) is 12.8. The lowest BCUT2D eigenvalue weighted by atomic mass is 10.1. The second kappa shape index (κ2) is 7.27. The van der Waals surface area contributed by atoms with E-state index >= 15 is 0 Å². The van der Waals surface area contributed by atoms with E-state index in [-0.39, 0.29) is 6.04 Å². The molecule has 0 aliphatic heterocycles. The summed E-state index contributed by atoms with van der Waals surface area (Å²) in [5, 5.41) is 3.82. The lowest BCUT2D eigenvalue weighted by Crippen LogP contribution is -2.34. The van der Waals surface area contributed by atoms with Crippen molar-refractivity contribution in [3.05, 3.63) is 65.9 Å². The quantitative estimate of drug-likeness (QED) is 0.661. The molecular formula is C22H24N2O3. The molecule has 1 atom stereocenters. The van der Waals surface area contributed by atoms with Crippen molar-refractivity contribution in [1.29, 1.82) is 0 Å². The van der Waals surface area contributed by atoms with Crippen LogP contribution in [0.5, 0.6) is 0 Å². The van der Waals surface area contributed by atoms with Gasteiger partial charge in [-0.3, -0.25) is 4.79 Å². The van der Waals surface area contributed by atoms with Gasteiger partial charge in [0.05, 0.1) is 17.3 Å². The summed E-state index contributed by atoms with van der Waals surface area (Å²) in [6, 6.07) is 17.3. The van der Waals surface area contributed by atoms with E-state index in [1.165, 1.54) is 0 Å². The first-order valence-electron chi connectivity index (χ1n) is 8.94. The Hall–Kier alpha value is -3.08. The Morgan fingerprint density at radius 1 is 1.11 bits per heavy atom. The van der Waals surface area contributed by atoms with E-state index < -0.39 is 11.7 Å². The molecule has 3 rings (SSSR count). The van der Waals surface area contributed by atoms with Gasteiger partial charge in [0.1, 0.15) is 5.60 Å². The number of amides is 1. The molecule has 0 unspecified atom stereocenters. The number of fused-ring (bicyclic) bond motifs is 1. The van der Waals surface area contributed by atoms with E-state index in [9.17, 15) is 9.59 Å². The van der Waals surface area contributed by atoms with Crippen molar-refractivity contribution in [3.8, 4) is 5.69 Å². The third-order valence-corrected chi connectivity index (χ3v) is 4.23. The predicted molar refractivity (Wildman–Crippen MR) is 106 cm³/mol. The van der Waals surface area contributed by atoms with Gasteiger partial charge in [0.25, 0.3) is 0 Å². The highest BCUT2D eigenvalue weighted by molar-refractivity contribution is 5.91. The summed E-state index contributed by atoms with van der Waals surface area (Å²) in [6.07, 6.45) is 0.400. The highest BCUT2D eigenvalue weighted by atomic mass is 16.6. The van der Waals surface area contributed by atoms with Crippen molar-refractivity contribution < 1.29 is 14.3 Å². The molecule has 1 heterocycles. The van der Waals surface area contributed by atoms with E-state index in [2.05, 4.69) is 5.32 Å². The Bertz CT molecular complexity index is 968. The van der Waals surface area contributed by atoms with Gasteiger partial charge in [0, 0.05) is 11.1 Å². The number of aromatic nitrogens is 1. The first-order valence-corrected chi connectivity index (χ1v) is 8.94. The Morgan fingerprint density at radius 3 is 2.44 bits per heavy atom. The minimum atomic E-state index is -0.547. The van der Waals surface area contributed by atoms with E-state index in [1.54, 1.807) is 0 Å². The average molecular weight is 364 g/mol. The summed E-state index contributed by atoms with van der Waals surface area (Å²) in [4.78, 5) is 23.6. The van der Waals surface area contributed by atoms with Gasteiger partial charge in [-0.25, -0.2) is 4.79 Å². The molecule has 5 heteroatoms. The zero-order valence-corrected chi connectivity index (χ0v) is 16.0. The largest absolute Gasteiger partial charge is 0.444 e. The van der Waals surface area contributed by atoms with Crippen molar-refractivity contribution >= 4 is 23.3 Å². The number of nitrogens with one attached hydrogen (secondary N) is 1. The number of benzene rings is 2. The molecule has 1 aromatic heterocycles. The van der Waals surface area contributed by atoms with Crippen LogP contribution >= 0.6 is 0 Å². The monoisotopic (exact) mass is 364 g/mol. The lowest BCUT2D eigenvalue weighted by molar-refractivity contribution is 0.0508. The van der Waals surface area contributed by atoms with E-state index in [0.717, 1.165) is 28.4 Å². The lowest BCUT2D eigenvalue weighted by Gasteiger charge is -2.22. The zero-order chi connectivity index (χ0) is 19.6. The number of hydrogen-bond donors (Lipinski definition) is 1. The molecule has 0 radical (unpaired) electrons. The van der Waals surface area contributed by atoms with Crippen molar-refractivity contribution in [1.82, 2.24) is 9.88 Å². The van der Waals surface area contributed by atoms with Gasteiger partial charge in [-0.05, 0) is 57.5 Å². The van der Waals surface area contributed by atoms with Crippen LogP contribution in [0.3, 0.4) is 0 Å². The number of aldehydes is 1. The van der Waals surface area contributed by atoms with Crippen LogP contribution in [0.15, 0.2) is 54.6 Å². The van der Waals surface area contributed by atoms with Crippen molar-refractivity contribution in [3.63, 3.8) is 0 Å². The smallest absolute Gasteiger partial charge is 0.408 e. The number of para-hydroxylation sites is 1. The first kappa shape index (κ1) is 18.7. The number of ether oxygens (including phenoxy) is 1. The second-order valence-electron chi connectivity index (χ2n) is 7.54. The number of carbonyl (C=O) groups excluding carboxylic acids is 2. The Kier molecular flexibility index (Phi) is 5.04. The van der Waals surface area contributed by atoms with Crippen LogP contribution in [0, 0.1) is 0 Å². The zero-order valence-electron chi connectivity index (χ0n) is 16.0. The van der Waals surface area contributed by atoms with Gasteiger partial charge in [0.2, 0.25) is 0 Å². The molecule has 5 nitrogen and oxygen atoms in total. The summed E-state index contributed by atoms with van der Waals surface area (Å²) in [6.45, 7) is 7.40. The van der Waals surface area contributed by atoms with Crippen LogP contribution in [-0.4, -0.2) is 22.5 Å². The van der Waals surface area contributed by atoms with Gasteiger partial charge in [-0.1, -0.05) is 30.3 Å². The fourth-order valence-electron chi connectivity index (χ4n) is 3.03. The number of nitrogens with zero attached hydrogens (tertiary/aromatic N) is 1. The molecule has 1 N–H and O–H groups in total. The van der Waals surface area contributed by atoms with Gasteiger partial charge in [0.15, 0.2) is 6.29 Å². The third kappa shape index (κ3) is 4.19. The van der Waals surface area contributed by atoms with E-state index in [0.29, 0.717) is 5.69 Å². The molecule has 0 fully saturated rings. The number of carbonyl (C=O) groups is 2. The molecule has 140 valence electrons. The maximum atomic E-state index is 12.1. The van der Waals surface area contributed by atoms with Gasteiger partial charge < -0.3 is 14.6 Å². The summed E-state index contributed by atoms with van der Waals surface area (Å²) in [7, 11) is 0. The van der Waals surface area contributed by atoms with Gasteiger partial charge in [-0.15, -0.1) is 0 Å². The number of hydrogen-bond acceptors (Lipinski definition) is 3. The maximum absolute atomic E-state index is 12.1. The molecule has 2 aromatic carbocycles. The topological polar surface area (TPSA) is 60.3 Å². The van der Waals surface area contributed by atoms with Crippen LogP contribution in [0.25, 0.3) is 16.6 Å². The van der Waals surface area contributed by atoms with Crippen molar-refractivity contribution in [2.24, 2.45) is 0 Å². The minimum absolute atomic E-state index is 0.233. The van der Waals surface area contributed by atoms with Crippen molar-refractivity contribution in [2.75, 3.05) is 0 Å². The molecule has 0 bridgehead atoms. The number of rotatable bonds is 4. The van der Waals surface area contributed by atoms with Crippen LogP contribution in [0.2, 0.25) is 0 Å². The van der Waals surface area contributed by atoms with Crippen LogP contribution in [-0.2, 0) is 4.74 Å². The molecule has 27 heavy (non-hydrogen) atoms. The molecule has 0 spiro atoms. The number of alkyl carbamates (subject to hydrolysis) is 1. The average Bonchev–Trinajstić information content (AvgIpc) is 2.98. The SMILES string of the molecule is C[C@@H](NC(=O)OC(C)(C)C)c1ccc2cc(C=O)n(-c3ccccc3)c2c1. The van der Waals surface area contributed by atoms with Crippen LogP contribution in [0.1, 0.15) is 49.8 Å². The molecule has 0 aliphatic carbocycles. The predicted octanol–water partition coefficient (Wildman–Crippen LogP) is 5.03. The van der Waals surface area contributed by atoms with Crippen LogP contribution in [0.4, 0.5) is 4.79 Å². The third-order valence-electron chi connectivity index (χ3n) is 4.23. The van der Waals surface area contributed by atoms with Gasteiger partial charge >= 0.3 is 6.09 Å². The Labute approximate surface area is 158 Å². The molecular weight excluding hydrogens is 340 g/mol. The van der Waals surface area contributed by atoms with E-state index in [1.807, 2.05) is 86.9 Å². The molecule has 0 saturated heterocycles. The summed E-state index contributed by atoms with van der Waals surface area (Å²) >= 11 is 0. The van der Waals surface area contributed by atoms with Crippen LogP contribution < -0.4 is 5.32 Å². The molecule has 0 aliphatic rings. The summed E-state index contributed by atoms with van der Waals surface area (Å²) in [5.41, 5.74) is 2.80. The second-order valence-corrected chi connectivity index (χ2v) is 7.54. The Morgan fingerprint density at radius 2 is 1.81 bits per heavy atom. The Balaban J connectivity index is 1.97. The minimum Gasteiger partial charge on any atom is -0.444 e. The standard InChI is InChI=1S/C22H24N2O3/c1-15(23-21(26)27-22(2,3)4)16-10-11-17-12-19(14-25)24(20(17)13-16)18-8-6-5-7-9-18/h5-15H,1-4H3,(H,23,26)/t15-/m1/s1. The fourth-order valence-corrected chi connectivity index (χ4v) is 3.03. The highest BCUT2D eigenvalue weighted by Crippen LogP contribution is 2.27. The summed E-state index contributed by atoms with van der Waals surface area (Å²) < 4.78 is 7.25. The van der Waals surface area contributed by atoms with Gasteiger partial charge in [-0.2, -0.15) is 0 Å².